The van der Waals surface area contributed by atoms with Crippen molar-refractivity contribution in [2.45, 2.75) is 24.9 Å². The van der Waals surface area contributed by atoms with Crippen molar-refractivity contribution in [2.24, 2.45) is 5.92 Å². The molecule has 1 N–H and O–H groups in total. The molecule has 0 aliphatic rings. The molecule has 0 amide bonds. The molecule has 1 aromatic heterocycles. The van der Waals surface area contributed by atoms with Crippen LogP contribution in [0.25, 0.3) is 0 Å². The lowest BCUT2D eigenvalue weighted by atomic mass is 10.1. The second kappa shape index (κ2) is 5.75. The molecular formula is C11H15NO2S. The normalized spacial score (nSPS) is 12.7. The van der Waals surface area contributed by atoms with E-state index in [1.54, 1.807) is 6.20 Å². The van der Waals surface area contributed by atoms with Crippen LogP contribution in [0.15, 0.2) is 24.4 Å². The van der Waals surface area contributed by atoms with Crippen LogP contribution in [-0.4, -0.2) is 21.3 Å². The fourth-order valence-corrected chi connectivity index (χ4v) is 2.26. The summed E-state index contributed by atoms with van der Waals surface area (Å²) < 4.78 is 0. The summed E-state index contributed by atoms with van der Waals surface area (Å²) in [6.45, 7) is 3.84. The Bertz CT molecular complexity index is 314. The quantitative estimate of drug-likeness (QED) is 0.836. The molecule has 0 aliphatic carbocycles. The van der Waals surface area contributed by atoms with Gasteiger partial charge < -0.3 is 5.11 Å². The number of pyridine rings is 1. The van der Waals surface area contributed by atoms with Crippen LogP contribution < -0.4 is 0 Å². The van der Waals surface area contributed by atoms with Gasteiger partial charge in [-0.2, -0.15) is 0 Å². The summed E-state index contributed by atoms with van der Waals surface area (Å²) in [5.74, 6) is 0.0397. The van der Waals surface area contributed by atoms with Gasteiger partial charge in [0.1, 0.15) is 5.25 Å². The summed E-state index contributed by atoms with van der Waals surface area (Å²) >= 11 is 1.43. The van der Waals surface area contributed by atoms with Crippen LogP contribution in [0.5, 0.6) is 0 Å². The molecule has 15 heavy (non-hydrogen) atoms. The Hall–Kier alpha value is -1.03. The Kier molecular flexibility index (Phi) is 4.62. The smallest absolute Gasteiger partial charge is 0.316 e. The molecule has 0 fully saturated rings. The first-order valence-electron chi connectivity index (χ1n) is 4.85. The van der Waals surface area contributed by atoms with Gasteiger partial charge >= 0.3 is 5.97 Å². The van der Waals surface area contributed by atoms with Gasteiger partial charge in [-0.3, -0.25) is 9.78 Å². The number of thioether (sulfide) groups is 1. The molecule has 82 valence electrons. The minimum absolute atomic E-state index is 0.135. The van der Waals surface area contributed by atoms with E-state index in [1.165, 1.54) is 11.8 Å². The number of aromatic nitrogens is 1. The number of aliphatic carboxylic acids is 1. The Morgan fingerprint density at radius 3 is 2.73 bits per heavy atom. The number of nitrogens with zero attached hydrogens (tertiary/aromatic N) is 1. The molecule has 0 spiro atoms. The average Bonchev–Trinajstić information content (AvgIpc) is 2.18. The van der Waals surface area contributed by atoms with Gasteiger partial charge in [0.25, 0.3) is 0 Å². The van der Waals surface area contributed by atoms with E-state index >= 15 is 0 Å². The van der Waals surface area contributed by atoms with E-state index < -0.39 is 5.97 Å². The summed E-state index contributed by atoms with van der Waals surface area (Å²) in [6, 6.07) is 5.67. The van der Waals surface area contributed by atoms with E-state index in [0.29, 0.717) is 5.75 Å². The second-order valence-corrected chi connectivity index (χ2v) is 4.76. The van der Waals surface area contributed by atoms with E-state index in [2.05, 4.69) is 4.98 Å². The van der Waals surface area contributed by atoms with Crippen molar-refractivity contribution in [2.75, 3.05) is 0 Å². The molecule has 4 heteroatoms. The zero-order valence-electron chi connectivity index (χ0n) is 8.88. The third kappa shape index (κ3) is 3.91. The Balaban J connectivity index is 2.51. The maximum atomic E-state index is 10.9. The van der Waals surface area contributed by atoms with Crippen molar-refractivity contribution < 1.29 is 9.90 Å². The fourth-order valence-electron chi connectivity index (χ4n) is 1.21. The van der Waals surface area contributed by atoms with Crippen molar-refractivity contribution in [1.29, 1.82) is 0 Å². The van der Waals surface area contributed by atoms with Gasteiger partial charge in [-0.15, -0.1) is 11.8 Å². The SMILES string of the molecule is CC(C)C(SCc1ccccn1)C(=O)O. The number of rotatable bonds is 5. The topological polar surface area (TPSA) is 50.2 Å². The lowest BCUT2D eigenvalue weighted by molar-refractivity contribution is -0.137. The third-order valence-corrected chi connectivity index (χ3v) is 3.55. The standard InChI is InChI=1S/C11H15NO2S/c1-8(2)10(11(13)14)15-7-9-5-3-4-6-12-9/h3-6,8,10H,7H2,1-2H3,(H,13,14). The van der Waals surface area contributed by atoms with Crippen molar-refractivity contribution in [1.82, 2.24) is 4.98 Å². The van der Waals surface area contributed by atoms with Crippen molar-refractivity contribution >= 4 is 17.7 Å². The molecule has 0 aromatic carbocycles. The van der Waals surface area contributed by atoms with Crippen molar-refractivity contribution in [3.8, 4) is 0 Å². The van der Waals surface area contributed by atoms with Crippen LogP contribution in [0.1, 0.15) is 19.5 Å². The summed E-state index contributed by atoms with van der Waals surface area (Å²) in [5.41, 5.74) is 0.925. The van der Waals surface area contributed by atoms with Crippen LogP contribution in [0.3, 0.4) is 0 Å². The Labute approximate surface area is 93.9 Å². The van der Waals surface area contributed by atoms with Crippen LogP contribution in [0.4, 0.5) is 0 Å². The molecule has 1 rings (SSSR count). The number of hydrogen-bond donors (Lipinski definition) is 1. The van der Waals surface area contributed by atoms with Gasteiger partial charge in [-0.25, -0.2) is 0 Å². The molecule has 1 aromatic rings. The van der Waals surface area contributed by atoms with Crippen LogP contribution in [0.2, 0.25) is 0 Å². The highest BCUT2D eigenvalue weighted by Crippen LogP contribution is 2.22. The largest absolute Gasteiger partial charge is 0.480 e. The lowest BCUT2D eigenvalue weighted by Crippen LogP contribution is -2.22. The molecule has 0 radical (unpaired) electrons. The van der Waals surface area contributed by atoms with Gasteiger partial charge in [-0.1, -0.05) is 19.9 Å². The number of carbonyl (C=O) groups is 1. The number of hydrogen-bond acceptors (Lipinski definition) is 3. The first-order valence-corrected chi connectivity index (χ1v) is 5.90. The van der Waals surface area contributed by atoms with Crippen LogP contribution >= 0.6 is 11.8 Å². The summed E-state index contributed by atoms with van der Waals surface area (Å²) in [5, 5.41) is 8.63. The van der Waals surface area contributed by atoms with E-state index in [9.17, 15) is 4.79 Å². The van der Waals surface area contributed by atoms with Crippen molar-refractivity contribution in [3.63, 3.8) is 0 Å². The van der Waals surface area contributed by atoms with Crippen LogP contribution in [-0.2, 0) is 10.5 Å². The number of carboxylic acids is 1. The Morgan fingerprint density at radius 1 is 1.53 bits per heavy atom. The molecular weight excluding hydrogens is 210 g/mol. The van der Waals surface area contributed by atoms with Gasteiger partial charge in [0, 0.05) is 11.9 Å². The van der Waals surface area contributed by atoms with E-state index in [1.807, 2.05) is 32.0 Å². The maximum absolute atomic E-state index is 10.9. The van der Waals surface area contributed by atoms with Gasteiger partial charge in [0.15, 0.2) is 0 Å². The van der Waals surface area contributed by atoms with Gasteiger partial charge in [0.2, 0.25) is 0 Å². The molecule has 0 saturated carbocycles. The highest BCUT2D eigenvalue weighted by atomic mass is 32.2. The molecule has 0 bridgehead atoms. The zero-order valence-corrected chi connectivity index (χ0v) is 9.70. The molecule has 3 nitrogen and oxygen atoms in total. The minimum atomic E-state index is -0.745. The number of carboxylic acid groups (broad SMARTS) is 1. The first-order chi connectivity index (χ1) is 7.11. The fraction of sp³-hybridized carbons (Fsp3) is 0.455. The highest BCUT2D eigenvalue weighted by molar-refractivity contribution is 7.99. The molecule has 1 heterocycles. The maximum Gasteiger partial charge on any atom is 0.316 e. The van der Waals surface area contributed by atoms with Gasteiger partial charge in [-0.05, 0) is 18.1 Å². The van der Waals surface area contributed by atoms with Crippen molar-refractivity contribution in [3.05, 3.63) is 30.1 Å². The van der Waals surface area contributed by atoms with E-state index in [0.717, 1.165) is 5.69 Å². The predicted octanol–water partition coefficient (Wildman–Crippen LogP) is 2.42. The van der Waals surface area contributed by atoms with Crippen LogP contribution in [0, 0.1) is 5.92 Å². The monoisotopic (exact) mass is 225 g/mol. The summed E-state index contributed by atoms with van der Waals surface area (Å²) in [7, 11) is 0. The second-order valence-electron chi connectivity index (χ2n) is 3.63. The molecule has 0 saturated heterocycles. The molecule has 1 atom stereocenters. The molecule has 1 unspecified atom stereocenters. The zero-order chi connectivity index (χ0) is 11.3. The first kappa shape index (κ1) is 12.0. The Morgan fingerprint density at radius 2 is 2.27 bits per heavy atom. The average molecular weight is 225 g/mol. The molecule has 0 aliphatic heterocycles. The summed E-state index contributed by atoms with van der Waals surface area (Å²) in [6.07, 6.45) is 1.72. The minimum Gasteiger partial charge on any atom is -0.480 e. The van der Waals surface area contributed by atoms with E-state index in [-0.39, 0.29) is 11.2 Å². The third-order valence-electron chi connectivity index (χ3n) is 1.99. The van der Waals surface area contributed by atoms with Gasteiger partial charge in [0.05, 0.1) is 5.69 Å². The lowest BCUT2D eigenvalue weighted by Gasteiger charge is -2.14. The predicted molar refractivity (Wildman–Crippen MR) is 61.8 cm³/mol. The summed E-state index contributed by atoms with van der Waals surface area (Å²) in [4.78, 5) is 15.1. The van der Waals surface area contributed by atoms with E-state index in [4.69, 9.17) is 5.11 Å². The highest BCUT2D eigenvalue weighted by Gasteiger charge is 2.21.